The SMILES string of the molecule is Cc1ccc([N+]2([O-])CCCCC2)c(F)c1. The van der Waals surface area contributed by atoms with E-state index in [1.165, 1.54) is 6.07 Å². The molecule has 0 saturated carbocycles. The first-order chi connectivity index (χ1) is 7.12. The lowest BCUT2D eigenvalue weighted by atomic mass is 10.1. The summed E-state index contributed by atoms with van der Waals surface area (Å²) in [6.45, 7) is 2.86. The third kappa shape index (κ3) is 2.03. The van der Waals surface area contributed by atoms with Crippen LogP contribution in [0.15, 0.2) is 18.2 Å². The molecule has 82 valence electrons. The number of nitrogens with zero attached hydrogens (tertiary/aromatic N) is 1. The van der Waals surface area contributed by atoms with Gasteiger partial charge in [0.05, 0.1) is 13.1 Å². The second kappa shape index (κ2) is 3.91. The van der Waals surface area contributed by atoms with Crippen LogP contribution < -0.4 is 4.65 Å². The Labute approximate surface area is 89.5 Å². The molecular weight excluding hydrogens is 193 g/mol. The normalized spacial score (nSPS) is 20.2. The van der Waals surface area contributed by atoms with Crippen molar-refractivity contribution in [3.05, 3.63) is 34.8 Å². The van der Waals surface area contributed by atoms with Gasteiger partial charge in [0.1, 0.15) is 0 Å². The van der Waals surface area contributed by atoms with E-state index in [2.05, 4.69) is 0 Å². The van der Waals surface area contributed by atoms with Gasteiger partial charge in [-0.3, -0.25) is 0 Å². The van der Waals surface area contributed by atoms with E-state index in [-0.39, 0.29) is 5.82 Å². The summed E-state index contributed by atoms with van der Waals surface area (Å²) < 4.78 is 13.2. The lowest BCUT2D eigenvalue weighted by molar-refractivity contribution is 0.298. The summed E-state index contributed by atoms with van der Waals surface area (Å²) in [5, 5.41) is 12.4. The van der Waals surface area contributed by atoms with Crippen molar-refractivity contribution in [3.8, 4) is 0 Å². The molecule has 2 nitrogen and oxygen atoms in total. The van der Waals surface area contributed by atoms with Gasteiger partial charge in [-0.25, -0.2) is 4.39 Å². The van der Waals surface area contributed by atoms with Gasteiger partial charge >= 0.3 is 0 Å². The zero-order chi connectivity index (χ0) is 10.9. The number of hydroxylamine groups is 2. The molecule has 0 bridgehead atoms. The fourth-order valence-corrected chi connectivity index (χ4v) is 2.21. The van der Waals surface area contributed by atoms with Crippen molar-refractivity contribution in [2.75, 3.05) is 13.1 Å². The highest BCUT2D eigenvalue weighted by atomic mass is 19.1. The number of hydrogen-bond acceptors (Lipinski definition) is 1. The van der Waals surface area contributed by atoms with Gasteiger partial charge in [-0.05, 0) is 37.8 Å². The molecule has 1 aromatic rings. The topological polar surface area (TPSA) is 23.1 Å². The van der Waals surface area contributed by atoms with Gasteiger partial charge in [-0.1, -0.05) is 6.07 Å². The molecule has 15 heavy (non-hydrogen) atoms. The molecule has 1 heterocycles. The van der Waals surface area contributed by atoms with Crippen LogP contribution in [0.3, 0.4) is 0 Å². The van der Waals surface area contributed by atoms with Gasteiger partial charge in [0.15, 0.2) is 11.5 Å². The number of quaternary nitrogens is 1. The number of aryl methyl sites for hydroxylation is 1. The lowest BCUT2D eigenvalue weighted by Crippen LogP contribution is -2.47. The number of rotatable bonds is 1. The molecule has 0 aliphatic carbocycles. The van der Waals surface area contributed by atoms with Crippen LogP contribution in [0.4, 0.5) is 10.1 Å². The summed E-state index contributed by atoms with van der Waals surface area (Å²) in [6.07, 6.45) is 2.89. The Balaban J connectivity index is 2.35. The van der Waals surface area contributed by atoms with Crippen LogP contribution in [-0.4, -0.2) is 13.1 Å². The molecule has 0 aromatic heterocycles. The minimum absolute atomic E-state index is 0.306. The van der Waals surface area contributed by atoms with Crippen LogP contribution in [0.5, 0.6) is 0 Å². The standard InChI is InChI=1S/C12H16FNO/c1-10-5-6-12(11(13)9-10)14(15)7-3-2-4-8-14/h5-6,9H,2-4,7-8H2,1H3. The van der Waals surface area contributed by atoms with Crippen LogP contribution >= 0.6 is 0 Å². The average Bonchev–Trinajstić information content (AvgIpc) is 2.18. The molecule has 1 fully saturated rings. The van der Waals surface area contributed by atoms with E-state index in [1.54, 1.807) is 6.07 Å². The molecule has 0 amide bonds. The minimum atomic E-state index is -0.480. The second-order valence-electron chi connectivity index (χ2n) is 4.35. The predicted molar refractivity (Wildman–Crippen MR) is 59.9 cm³/mol. The van der Waals surface area contributed by atoms with Gasteiger partial charge in [0, 0.05) is 6.07 Å². The highest BCUT2D eigenvalue weighted by molar-refractivity contribution is 5.46. The Bertz CT molecular complexity index is 359. The van der Waals surface area contributed by atoms with E-state index < -0.39 is 4.65 Å². The summed E-state index contributed by atoms with van der Waals surface area (Å²) >= 11 is 0. The monoisotopic (exact) mass is 209 g/mol. The van der Waals surface area contributed by atoms with Crippen molar-refractivity contribution in [2.24, 2.45) is 0 Å². The van der Waals surface area contributed by atoms with Gasteiger partial charge < -0.3 is 9.85 Å². The number of piperidine rings is 1. The summed E-state index contributed by atoms with van der Waals surface area (Å²) in [5.41, 5.74) is 1.17. The molecule has 0 spiro atoms. The zero-order valence-electron chi connectivity index (χ0n) is 9.00. The van der Waals surface area contributed by atoms with E-state index in [0.29, 0.717) is 18.8 Å². The third-order valence-corrected chi connectivity index (χ3v) is 3.08. The van der Waals surface area contributed by atoms with E-state index >= 15 is 0 Å². The van der Waals surface area contributed by atoms with Crippen molar-refractivity contribution in [3.63, 3.8) is 0 Å². The Morgan fingerprint density at radius 2 is 1.87 bits per heavy atom. The molecule has 0 N–H and O–H groups in total. The van der Waals surface area contributed by atoms with Gasteiger partial charge in [0.25, 0.3) is 0 Å². The van der Waals surface area contributed by atoms with Crippen LogP contribution in [0.25, 0.3) is 0 Å². The molecule has 0 atom stereocenters. The third-order valence-electron chi connectivity index (χ3n) is 3.08. The van der Waals surface area contributed by atoms with Crippen LogP contribution in [0.2, 0.25) is 0 Å². The highest BCUT2D eigenvalue weighted by Crippen LogP contribution is 2.30. The summed E-state index contributed by atoms with van der Waals surface area (Å²) in [4.78, 5) is 0. The van der Waals surface area contributed by atoms with E-state index in [0.717, 1.165) is 24.8 Å². The minimum Gasteiger partial charge on any atom is -0.627 e. The smallest absolute Gasteiger partial charge is 0.184 e. The molecule has 0 unspecified atom stereocenters. The maximum Gasteiger partial charge on any atom is 0.184 e. The first-order valence-corrected chi connectivity index (χ1v) is 5.47. The first kappa shape index (κ1) is 10.6. The average molecular weight is 209 g/mol. The Kier molecular flexibility index (Phi) is 2.76. The fourth-order valence-electron chi connectivity index (χ4n) is 2.21. The van der Waals surface area contributed by atoms with Gasteiger partial charge in [-0.15, -0.1) is 0 Å². The van der Waals surface area contributed by atoms with E-state index in [1.807, 2.05) is 13.0 Å². The Hall–Kier alpha value is -0.930. The molecule has 1 saturated heterocycles. The van der Waals surface area contributed by atoms with Crippen molar-refractivity contribution >= 4 is 5.69 Å². The van der Waals surface area contributed by atoms with Crippen LogP contribution in [0.1, 0.15) is 24.8 Å². The maximum atomic E-state index is 13.7. The zero-order valence-corrected chi connectivity index (χ0v) is 9.00. The largest absolute Gasteiger partial charge is 0.627 e. The summed E-state index contributed by atoms with van der Waals surface area (Å²) in [6, 6.07) is 4.90. The van der Waals surface area contributed by atoms with E-state index in [9.17, 15) is 9.60 Å². The number of benzene rings is 1. The number of hydrogen-bond donors (Lipinski definition) is 0. The summed E-state index contributed by atoms with van der Waals surface area (Å²) in [7, 11) is 0. The van der Waals surface area contributed by atoms with Gasteiger partial charge in [0.2, 0.25) is 0 Å². The van der Waals surface area contributed by atoms with Crippen molar-refractivity contribution in [1.82, 2.24) is 4.65 Å². The highest BCUT2D eigenvalue weighted by Gasteiger charge is 2.26. The maximum absolute atomic E-state index is 13.7. The number of halogens is 1. The van der Waals surface area contributed by atoms with Crippen molar-refractivity contribution in [1.29, 1.82) is 0 Å². The molecule has 0 radical (unpaired) electrons. The van der Waals surface area contributed by atoms with E-state index in [4.69, 9.17) is 0 Å². The van der Waals surface area contributed by atoms with Crippen LogP contribution in [-0.2, 0) is 0 Å². The summed E-state index contributed by atoms with van der Waals surface area (Å²) in [5.74, 6) is -0.355. The Morgan fingerprint density at radius 1 is 1.20 bits per heavy atom. The molecule has 1 aromatic carbocycles. The second-order valence-corrected chi connectivity index (χ2v) is 4.35. The van der Waals surface area contributed by atoms with Gasteiger partial charge in [-0.2, -0.15) is 0 Å². The molecule has 1 aliphatic heterocycles. The first-order valence-electron chi connectivity index (χ1n) is 5.47. The Morgan fingerprint density at radius 3 is 2.47 bits per heavy atom. The molecule has 1 aliphatic rings. The molecule has 2 rings (SSSR count). The van der Waals surface area contributed by atoms with Crippen LogP contribution in [0, 0.1) is 17.9 Å². The van der Waals surface area contributed by atoms with Crippen molar-refractivity contribution in [2.45, 2.75) is 26.2 Å². The molecule has 3 heteroatoms. The lowest BCUT2D eigenvalue weighted by Gasteiger charge is -2.44. The fraction of sp³-hybridized carbons (Fsp3) is 0.500. The molecular formula is C12H16FNO. The quantitative estimate of drug-likeness (QED) is 0.514. The predicted octanol–water partition coefficient (Wildman–Crippen LogP) is 3.12. The van der Waals surface area contributed by atoms with Crippen molar-refractivity contribution < 1.29 is 4.39 Å².